The monoisotopic (exact) mass is 339 g/mol. The summed E-state index contributed by atoms with van der Waals surface area (Å²) in [4.78, 5) is 21.5. The molecule has 1 fully saturated rings. The van der Waals surface area contributed by atoms with Crippen LogP contribution in [0.2, 0.25) is 0 Å². The molecule has 2 heterocycles. The Balaban J connectivity index is 1.58. The second-order valence-corrected chi connectivity index (χ2v) is 6.57. The van der Waals surface area contributed by atoms with Crippen LogP contribution in [0.5, 0.6) is 0 Å². The maximum Gasteiger partial charge on any atom is 0.251 e. The highest BCUT2D eigenvalue weighted by atomic mass is 16.1. The number of carbonyl (C=O) groups is 1. The van der Waals surface area contributed by atoms with Gasteiger partial charge in [-0.05, 0) is 43.3 Å². The summed E-state index contributed by atoms with van der Waals surface area (Å²) in [6, 6.07) is 9.41. The van der Waals surface area contributed by atoms with E-state index >= 15 is 0 Å². The molecule has 0 bridgehead atoms. The molecule has 6 nitrogen and oxygen atoms in total. The van der Waals surface area contributed by atoms with E-state index in [1.54, 1.807) is 12.1 Å². The minimum absolute atomic E-state index is 0.118. The number of nitrogens with two attached hydrogens (primary N) is 1. The summed E-state index contributed by atoms with van der Waals surface area (Å²) in [6.07, 6.45) is 1.83. The molecule has 2 aromatic rings. The fourth-order valence-corrected chi connectivity index (χ4v) is 2.91. The molecular weight excluding hydrogens is 314 g/mol. The molecule has 1 saturated heterocycles. The molecule has 1 aliphatic rings. The van der Waals surface area contributed by atoms with Crippen molar-refractivity contribution in [2.75, 3.05) is 43.9 Å². The molecular formula is C19H25N5O. The molecule has 1 aromatic carbocycles. The van der Waals surface area contributed by atoms with Gasteiger partial charge in [0.1, 0.15) is 5.82 Å². The Hall–Kier alpha value is -2.60. The van der Waals surface area contributed by atoms with Crippen molar-refractivity contribution in [3.05, 3.63) is 53.2 Å². The SMILES string of the molecule is Cc1ccc(N)cc1C(=O)NCc1ccc(N2CCN(C)CC2)nc1. The zero-order valence-corrected chi connectivity index (χ0v) is 14.8. The summed E-state index contributed by atoms with van der Waals surface area (Å²) in [5.41, 5.74) is 8.87. The molecule has 0 atom stereocenters. The van der Waals surface area contributed by atoms with Gasteiger partial charge in [0.2, 0.25) is 0 Å². The summed E-state index contributed by atoms with van der Waals surface area (Å²) in [5.74, 6) is 0.878. The van der Waals surface area contributed by atoms with Gasteiger partial charge in [0.25, 0.3) is 5.91 Å². The lowest BCUT2D eigenvalue weighted by Crippen LogP contribution is -2.44. The van der Waals surface area contributed by atoms with Crippen molar-refractivity contribution in [3.8, 4) is 0 Å². The maximum atomic E-state index is 12.3. The fourth-order valence-electron chi connectivity index (χ4n) is 2.91. The normalized spacial score (nSPS) is 15.2. The van der Waals surface area contributed by atoms with Crippen LogP contribution in [0.4, 0.5) is 11.5 Å². The predicted octanol–water partition coefficient (Wildman–Crippen LogP) is 1.65. The van der Waals surface area contributed by atoms with Crippen LogP contribution in [-0.4, -0.2) is 49.0 Å². The van der Waals surface area contributed by atoms with E-state index in [4.69, 9.17) is 5.73 Å². The van der Waals surface area contributed by atoms with E-state index in [1.807, 2.05) is 31.3 Å². The van der Waals surface area contributed by atoms with Crippen molar-refractivity contribution < 1.29 is 4.79 Å². The highest BCUT2D eigenvalue weighted by Gasteiger charge is 2.15. The van der Waals surface area contributed by atoms with E-state index in [1.165, 1.54) is 0 Å². The lowest BCUT2D eigenvalue weighted by molar-refractivity contribution is 0.0950. The van der Waals surface area contributed by atoms with E-state index in [9.17, 15) is 4.79 Å². The first-order valence-corrected chi connectivity index (χ1v) is 8.55. The van der Waals surface area contributed by atoms with Crippen LogP contribution in [0, 0.1) is 6.92 Å². The highest BCUT2D eigenvalue weighted by molar-refractivity contribution is 5.96. The minimum atomic E-state index is -0.118. The Morgan fingerprint density at radius 3 is 2.64 bits per heavy atom. The Morgan fingerprint density at radius 2 is 1.96 bits per heavy atom. The number of nitrogen functional groups attached to an aromatic ring is 1. The molecule has 0 radical (unpaired) electrons. The number of aryl methyl sites for hydroxylation is 1. The number of amides is 1. The number of carbonyl (C=O) groups excluding carboxylic acids is 1. The van der Waals surface area contributed by atoms with Crippen molar-refractivity contribution in [2.24, 2.45) is 0 Å². The highest BCUT2D eigenvalue weighted by Crippen LogP contribution is 2.15. The van der Waals surface area contributed by atoms with Crippen molar-refractivity contribution in [1.29, 1.82) is 0 Å². The van der Waals surface area contributed by atoms with Crippen molar-refractivity contribution in [1.82, 2.24) is 15.2 Å². The number of anilines is 2. The Bertz CT molecular complexity index is 736. The van der Waals surface area contributed by atoms with Crippen LogP contribution in [0.15, 0.2) is 36.5 Å². The number of hydrogen-bond acceptors (Lipinski definition) is 5. The van der Waals surface area contributed by atoms with Crippen LogP contribution >= 0.6 is 0 Å². The number of pyridine rings is 1. The van der Waals surface area contributed by atoms with Gasteiger partial charge in [0.15, 0.2) is 0 Å². The van der Waals surface area contributed by atoms with E-state index in [2.05, 4.69) is 27.1 Å². The van der Waals surface area contributed by atoms with Crippen LogP contribution < -0.4 is 16.0 Å². The van der Waals surface area contributed by atoms with Gasteiger partial charge in [-0.2, -0.15) is 0 Å². The number of likely N-dealkylation sites (N-methyl/N-ethyl adjacent to an activating group) is 1. The molecule has 6 heteroatoms. The zero-order valence-electron chi connectivity index (χ0n) is 14.8. The van der Waals surface area contributed by atoms with Gasteiger partial charge in [0.05, 0.1) is 0 Å². The van der Waals surface area contributed by atoms with Crippen molar-refractivity contribution >= 4 is 17.4 Å². The Kier molecular flexibility index (Phi) is 5.19. The number of rotatable bonds is 4. The second-order valence-electron chi connectivity index (χ2n) is 6.57. The number of benzene rings is 1. The average Bonchev–Trinajstić information content (AvgIpc) is 2.63. The first kappa shape index (κ1) is 17.2. The number of hydrogen-bond donors (Lipinski definition) is 2. The lowest BCUT2D eigenvalue weighted by atomic mass is 10.1. The number of nitrogens with one attached hydrogen (secondary N) is 1. The first-order chi connectivity index (χ1) is 12.0. The number of aromatic nitrogens is 1. The minimum Gasteiger partial charge on any atom is -0.399 e. The van der Waals surface area contributed by atoms with Gasteiger partial charge in [-0.25, -0.2) is 4.98 Å². The van der Waals surface area contributed by atoms with Crippen LogP contribution in [0.25, 0.3) is 0 Å². The van der Waals surface area contributed by atoms with Gasteiger partial charge in [-0.15, -0.1) is 0 Å². The van der Waals surface area contributed by atoms with E-state index in [-0.39, 0.29) is 5.91 Å². The third kappa shape index (κ3) is 4.28. The predicted molar refractivity (Wildman–Crippen MR) is 101 cm³/mol. The molecule has 0 saturated carbocycles. The Morgan fingerprint density at radius 1 is 1.20 bits per heavy atom. The number of piperazine rings is 1. The standard InChI is InChI=1S/C19H25N5O/c1-14-3-5-16(20)11-17(14)19(25)22-13-15-4-6-18(21-12-15)24-9-7-23(2)8-10-24/h3-6,11-12H,7-10,13,20H2,1-2H3,(H,22,25). The molecule has 0 unspecified atom stereocenters. The van der Waals surface area contributed by atoms with E-state index < -0.39 is 0 Å². The molecule has 1 aliphatic heterocycles. The zero-order chi connectivity index (χ0) is 17.8. The molecule has 0 spiro atoms. The summed E-state index contributed by atoms with van der Waals surface area (Å²) < 4.78 is 0. The molecule has 132 valence electrons. The summed E-state index contributed by atoms with van der Waals surface area (Å²) in [5, 5.41) is 2.93. The number of nitrogens with zero attached hydrogens (tertiary/aromatic N) is 3. The summed E-state index contributed by atoms with van der Waals surface area (Å²) >= 11 is 0. The molecule has 1 amide bonds. The molecule has 3 rings (SSSR count). The van der Waals surface area contributed by atoms with Gasteiger partial charge >= 0.3 is 0 Å². The van der Waals surface area contributed by atoms with Gasteiger partial charge in [-0.1, -0.05) is 12.1 Å². The fraction of sp³-hybridized carbons (Fsp3) is 0.368. The molecule has 0 aliphatic carbocycles. The summed E-state index contributed by atoms with van der Waals surface area (Å²) in [6.45, 7) is 6.45. The van der Waals surface area contributed by atoms with Gasteiger partial charge < -0.3 is 20.9 Å². The second kappa shape index (κ2) is 7.53. The van der Waals surface area contributed by atoms with Gasteiger partial charge in [0, 0.05) is 50.2 Å². The lowest BCUT2D eigenvalue weighted by Gasteiger charge is -2.33. The third-order valence-electron chi connectivity index (χ3n) is 4.60. The van der Waals surface area contributed by atoms with Gasteiger partial charge in [-0.3, -0.25) is 4.79 Å². The smallest absolute Gasteiger partial charge is 0.251 e. The van der Waals surface area contributed by atoms with Crippen molar-refractivity contribution in [2.45, 2.75) is 13.5 Å². The van der Waals surface area contributed by atoms with Crippen LogP contribution in [0.3, 0.4) is 0 Å². The maximum absolute atomic E-state index is 12.3. The topological polar surface area (TPSA) is 74.5 Å². The van der Waals surface area contributed by atoms with E-state index in [0.29, 0.717) is 17.8 Å². The van der Waals surface area contributed by atoms with Crippen LogP contribution in [0.1, 0.15) is 21.5 Å². The quantitative estimate of drug-likeness (QED) is 0.829. The average molecular weight is 339 g/mol. The third-order valence-corrected chi connectivity index (χ3v) is 4.60. The Labute approximate surface area is 148 Å². The molecule has 25 heavy (non-hydrogen) atoms. The molecule has 1 aromatic heterocycles. The first-order valence-electron chi connectivity index (χ1n) is 8.55. The molecule has 3 N–H and O–H groups in total. The largest absolute Gasteiger partial charge is 0.399 e. The van der Waals surface area contributed by atoms with Crippen LogP contribution in [-0.2, 0) is 6.54 Å². The summed E-state index contributed by atoms with van der Waals surface area (Å²) in [7, 11) is 2.14. The van der Waals surface area contributed by atoms with Crippen molar-refractivity contribution in [3.63, 3.8) is 0 Å². The van der Waals surface area contributed by atoms with E-state index in [0.717, 1.165) is 43.1 Å².